The summed E-state index contributed by atoms with van der Waals surface area (Å²) in [5.41, 5.74) is 1.30. The third kappa shape index (κ3) is 2.55. The highest BCUT2D eigenvalue weighted by molar-refractivity contribution is 6.18. The average molecular weight is 235 g/mol. The smallest absolute Gasteiger partial charge is 0.0673 e. The normalized spacial score (nSPS) is 25.5. The minimum atomic E-state index is 0.0983. The van der Waals surface area contributed by atoms with Gasteiger partial charge in [0.05, 0.1) is 12.0 Å². The Morgan fingerprint density at radius 1 is 1.31 bits per heavy atom. The molecule has 2 atom stereocenters. The van der Waals surface area contributed by atoms with Crippen LogP contribution in [0.25, 0.3) is 0 Å². The lowest BCUT2D eigenvalue weighted by Crippen LogP contribution is -2.20. The molecule has 0 aliphatic carbocycles. The zero-order valence-corrected chi connectivity index (χ0v) is 9.90. The van der Waals surface area contributed by atoms with Crippen LogP contribution >= 0.6 is 11.6 Å². The van der Waals surface area contributed by atoms with Crippen molar-refractivity contribution < 1.29 is 0 Å². The minimum Gasteiger partial charge on any atom is -0.297 e. The van der Waals surface area contributed by atoms with Crippen molar-refractivity contribution >= 4 is 11.6 Å². The Balaban J connectivity index is 1.96. The Kier molecular flexibility index (Phi) is 3.82. The number of nitrogens with zero attached hydrogens (tertiary/aromatic N) is 2. The first-order chi connectivity index (χ1) is 7.83. The van der Waals surface area contributed by atoms with E-state index in [0.717, 1.165) is 19.6 Å². The van der Waals surface area contributed by atoms with Crippen molar-refractivity contribution in [3.63, 3.8) is 0 Å². The Morgan fingerprint density at radius 3 is 2.62 bits per heavy atom. The van der Waals surface area contributed by atoms with Crippen LogP contribution in [0, 0.1) is 23.2 Å². The second-order valence-corrected chi connectivity index (χ2v) is 4.64. The molecule has 3 heteroatoms. The molecule has 0 unspecified atom stereocenters. The Bertz CT molecular complexity index is 371. The molecule has 1 aromatic rings. The lowest BCUT2D eigenvalue weighted by molar-refractivity contribution is 0.318. The Labute approximate surface area is 101 Å². The van der Waals surface area contributed by atoms with Gasteiger partial charge in [-0.25, -0.2) is 0 Å². The molecule has 0 amide bonds. The van der Waals surface area contributed by atoms with Crippen molar-refractivity contribution in [1.82, 2.24) is 4.90 Å². The summed E-state index contributed by atoms with van der Waals surface area (Å²) in [5, 5.41) is 9.02. The van der Waals surface area contributed by atoms with E-state index in [-0.39, 0.29) is 5.92 Å². The Hall–Kier alpha value is -1.04. The van der Waals surface area contributed by atoms with Gasteiger partial charge in [0.25, 0.3) is 0 Å². The number of nitriles is 1. The highest BCUT2D eigenvalue weighted by Crippen LogP contribution is 2.25. The van der Waals surface area contributed by atoms with Crippen LogP contribution in [0.1, 0.15) is 5.56 Å². The molecule has 0 aromatic heterocycles. The summed E-state index contributed by atoms with van der Waals surface area (Å²) in [5.74, 6) is 1.01. The van der Waals surface area contributed by atoms with Crippen LogP contribution in [0.15, 0.2) is 30.3 Å². The van der Waals surface area contributed by atoms with Crippen LogP contribution < -0.4 is 0 Å². The molecule has 1 aliphatic heterocycles. The Morgan fingerprint density at radius 2 is 2.06 bits per heavy atom. The predicted molar refractivity (Wildman–Crippen MR) is 65.0 cm³/mol. The van der Waals surface area contributed by atoms with Crippen molar-refractivity contribution in [2.24, 2.45) is 11.8 Å². The first-order valence-electron chi connectivity index (χ1n) is 5.55. The fraction of sp³-hybridized carbons (Fsp3) is 0.462. The molecule has 0 radical (unpaired) electrons. The van der Waals surface area contributed by atoms with E-state index in [1.807, 2.05) is 18.2 Å². The molecule has 0 N–H and O–H groups in total. The number of halogens is 1. The van der Waals surface area contributed by atoms with Gasteiger partial charge in [0, 0.05) is 31.4 Å². The zero-order chi connectivity index (χ0) is 11.4. The van der Waals surface area contributed by atoms with Gasteiger partial charge in [0.2, 0.25) is 0 Å². The number of hydrogen-bond donors (Lipinski definition) is 0. The largest absolute Gasteiger partial charge is 0.297 e. The van der Waals surface area contributed by atoms with Gasteiger partial charge in [0.15, 0.2) is 0 Å². The summed E-state index contributed by atoms with van der Waals surface area (Å²) in [4.78, 5) is 2.32. The van der Waals surface area contributed by atoms with Crippen molar-refractivity contribution in [1.29, 1.82) is 5.26 Å². The average Bonchev–Trinajstić information content (AvgIpc) is 2.72. The van der Waals surface area contributed by atoms with Crippen LogP contribution in [0.3, 0.4) is 0 Å². The maximum absolute atomic E-state index is 9.02. The fourth-order valence-corrected chi connectivity index (χ4v) is 2.55. The second kappa shape index (κ2) is 5.34. The minimum absolute atomic E-state index is 0.0983. The van der Waals surface area contributed by atoms with Gasteiger partial charge in [0.1, 0.15) is 0 Å². The molecule has 0 bridgehead atoms. The summed E-state index contributed by atoms with van der Waals surface area (Å²) in [6.07, 6.45) is 0. The van der Waals surface area contributed by atoms with Gasteiger partial charge in [-0.15, -0.1) is 11.6 Å². The maximum Gasteiger partial charge on any atom is 0.0673 e. The summed E-state index contributed by atoms with van der Waals surface area (Å²) >= 11 is 5.87. The first kappa shape index (κ1) is 11.4. The number of rotatable bonds is 3. The van der Waals surface area contributed by atoms with E-state index < -0.39 is 0 Å². The topological polar surface area (TPSA) is 27.0 Å². The van der Waals surface area contributed by atoms with Crippen LogP contribution in [0.4, 0.5) is 0 Å². The molecule has 0 saturated carbocycles. The third-order valence-corrected chi connectivity index (χ3v) is 3.53. The molecule has 1 fully saturated rings. The first-order valence-corrected chi connectivity index (χ1v) is 6.09. The second-order valence-electron chi connectivity index (χ2n) is 4.33. The molecular formula is C13H15ClN2. The van der Waals surface area contributed by atoms with Crippen LogP contribution in [0.2, 0.25) is 0 Å². The van der Waals surface area contributed by atoms with E-state index in [2.05, 4.69) is 23.1 Å². The summed E-state index contributed by atoms with van der Waals surface area (Å²) < 4.78 is 0. The van der Waals surface area contributed by atoms with E-state index in [1.165, 1.54) is 5.56 Å². The van der Waals surface area contributed by atoms with Crippen molar-refractivity contribution in [2.75, 3.05) is 19.0 Å². The summed E-state index contributed by atoms with van der Waals surface area (Å²) in [6, 6.07) is 12.7. The van der Waals surface area contributed by atoms with Crippen LogP contribution in [-0.4, -0.2) is 23.9 Å². The van der Waals surface area contributed by atoms with Crippen LogP contribution in [-0.2, 0) is 6.54 Å². The molecule has 0 spiro atoms. The highest BCUT2D eigenvalue weighted by Gasteiger charge is 2.31. The molecule has 1 aliphatic rings. The zero-order valence-electron chi connectivity index (χ0n) is 9.14. The molecular weight excluding hydrogens is 220 g/mol. The molecule has 84 valence electrons. The van der Waals surface area contributed by atoms with E-state index in [1.54, 1.807) is 0 Å². The monoisotopic (exact) mass is 234 g/mol. The van der Waals surface area contributed by atoms with Gasteiger partial charge in [-0.1, -0.05) is 30.3 Å². The van der Waals surface area contributed by atoms with E-state index in [0.29, 0.717) is 11.8 Å². The lowest BCUT2D eigenvalue weighted by atomic mass is 10.0. The molecule has 16 heavy (non-hydrogen) atoms. The van der Waals surface area contributed by atoms with Crippen molar-refractivity contribution in [2.45, 2.75) is 6.54 Å². The van der Waals surface area contributed by atoms with Gasteiger partial charge < -0.3 is 0 Å². The van der Waals surface area contributed by atoms with Gasteiger partial charge in [-0.3, -0.25) is 4.90 Å². The maximum atomic E-state index is 9.02. The standard InChI is InChI=1S/C13H15ClN2/c14-6-12-9-16(10-13(12)7-15)8-11-4-2-1-3-5-11/h1-5,12-13H,6,8-10H2/t12-,13-/m0/s1. The molecule has 1 aromatic carbocycles. The number of alkyl halides is 1. The summed E-state index contributed by atoms with van der Waals surface area (Å²) in [7, 11) is 0. The number of likely N-dealkylation sites (tertiary alicyclic amines) is 1. The van der Waals surface area contributed by atoms with Gasteiger partial charge >= 0.3 is 0 Å². The SMILES string of the molecule is N#C[C@H]1CN(Cc2ccccc2)C[C@@H]1CCl. The number of benzene rings is 1. The number of hydrogen-bond acceptors (Lipinski definition) is 2. The van der Waals surface area contributed by atoms with E-state index in [9.17, 15) is 0 Å². The summed E-state index contributed by atoms with van der Waals surface area (Å²) in [6.45, 7) is 2.71. The fourth-order valence-electron chi connectivity index (χ4n) is 2.23. The molecule has 1 saturated heterocycles. The quantitative estimate of drug-likeness (QED) is 0.752. The molecule has 1 heterocycles. The lowest BCUT2D eigenvalue weighted by Gasteiger charge is -2.14. The molecule has 2 nitrogen and oxygen atoms in total. The van der Waals surface area contributed by atoms with E-state index in [4.69, 9.17) is 16.9 Å². The van der Waals surface area contributed by atoms with E-state index >= 15 is 0 Å². The highest BCUT2D eigenvalue weighted by atomic mass is 35.5. The van der Waals surface area contributed by atoms with Crippen molar-refractivity contribution in [3.8, 4) is 6.07 Å². The molecule has 2 rings (SSSR count). The predicted octanol–water partition coefficient (Wildman–Crippen LogP) is 2.50. The van der Waals surface area contributed by atoms with Crippen LogP contribution in [0.5, 0.6) is 0 Å². The van der Waals surface area contributed by atoms with Crippen molar-refractivity contribution in [3.05, 3.63) is 35.9 Å². The van der Waals surface area contributed by atoms with Gasteiger partial charge in [-0.05, 0) is 5.56 Å². The van der Waals surface area contributed by atoms with Gasteiger partial charge in [-0.2, -0.15) is 5.26 Å². The third-order valence-electron chi connectivity index (χ3n) is 3.13.